The van der Waals surface area contributed by atoms with Crippen molar-refractivity contribution in [1.29, 1.82) is 0 Å². The molecule has 0 amide bonds. The first-order chi connectivity index (χ1) is 11.5. The summed E-state index contributed by atoms with van der Waals surface area (Å²) in [5.74, 6) is 6.14. The van der Waals surface area contributed by atoms with Gasteiger partial charge in [0, 0.05) is 42.0 Å². The Morgan fingerprint density at radius 1 is 1.04 bits per heavy atom. The van der Waals surface area contributed by atoms with E-state index < -0.39 is 0 Å². The van der Waals surface area contributed by atoms with Crippen molar-refractivity contribution >= 4 is 5.69 Å². The van der Waals surface area contributed by atoms with Crippen molar-refractivity contribution in [2.75, 3.05) is 11.9 Å². The number of anilines is 1. The Kier molecular flexibility index (Phi) is 5.92. The van der Waals surface area contributed by atoms with Gasteiger partial charge in [0.2, 0.25) is 0 Å². The zero-order valence-electron chi connectivity index (χ0n) is 14.5. The van der Waals surface area contributed by atoms with Gasteiger partial charge in [0.25, 0.3) is 0 Å². The molecule has 0 atom stereocenters. The Hall–Kier alpha value is -2.86. The van der Waals surface area contributed by atoms with Crippen molar-refractivity contribution < 1.29 is 4.39 Å². The van der Waals surface area contributed by atoms with Crippen molar-refractivity contribution in [2.24, 2.45) is 0 Å². The summed E-state index contributed by atoms with van der Waals surface area (Å²) in [5, 5.41) is 0. The lowest BCUT2D eigenvalue weighted by Gasteiger charge is -2.20. The van der Waals surface area contributed by atoms with E-state index in [9.17, 15) is 4.39 Å². The first-order valence-electron chi connectivity index (χ1n) is 7.74. The van der Waals surface area contributed by atoms with Crippen LogP contribution in [0.3, 0.4) is 0 Å². The van der Waals surface area contributed by atoms with E-state index in [0.717, 1.165) is 28.1 Å². The molecule has 1 aromatic carbocycles. The minimum Gasteiger partial charge on any atom is -0.348 e. The van der Waals surface area contributed by atoms with Crippen molar-refractivity contribution in [2.45, 2.75) is 20.8 Å². The number of nitrogens with zero attached hydrogens (tertiary/aromatic N) is 2. The lowest BCUT2D eigenvalue weighted by atomic mass is 10.1. The van der Waals surface area contributed by atoms with E-state index in [0.29, 0.717) is 0 Å². The molecular weight excluding hydrogens is 299 g/mol. The maximum absolute atomic E-state index is 13.1. The number of halogens is 1. The maximum atomic E-state index is 13.1. The van der Waals surface area contributed by atoms with Crippen molar-refractivity contribution in [3.05, 3.63) is 83.1 Å². The highest BCUT2D eigenvalue weighted by atomic mass is 19.1. The number of rotatable bonds is 3. The van der Waals surface area contributed by atoms with Gasteiger partial charge in [-0.1, -0.05) is 17.4 Å². The average Bonchev–Trinajstić information content (AvgIpc) is 2.59. The standard InChI is InChI=1S/C21H21FN2/c1-16(2)19(6-5-18-11-13-23-14-12-18)15-17(3)24(4)21-9-7-20(22)8-10-21/h7-15H,1-4H3/b17-15-. The van der Waals surface area contributed by atoms with Crippen LogP contribution in [0.1, 0.15) is 26.3 Å². The fraction of sp³-hybridized carbons (Fsp3) is 0.190. The highest BCUT2D eigenvalue weighted by Gasteiger charge is 2.04. The molecule has 0 fully saturated rings. The lowest BCUT2D eigenvalue weighted by molar-refractivity contribution is 0.628. The second-order valence-electron chi connectivity index (χ2n) is 5.72. The molecule has 2 aromatic rings. The van der Waals surface area contributed by atoms with Crippen molar-refractivity contribution in [3.63, 3.8) is 0 Å². The highest BCUT2D eigenvalue weighted by molar-refractivity contribution is 5.54. The van der Waals surface area contributed by atoms with E-state index in [4.69, 9.17) is 0 Å². The van der Waals surface area contributed by atoms with Crippen LogP contribution in [-0.4, -0.2) is 12.0 Å². The van der Waals surface area contributed by atoms with Gasteiger partial charge in [-0.05, 0) is 63.2 Å². The molecule has 1 heterocycles. The number of allylic oxidation sites excluding steroid dienone is 4. The molecule has 0 unspecified atom stereocenters. The highest BCUT2D eigenvalue weighted by Crippen LogP contribution is 2.19. The molecule has 0 saturated carbocycles. The number of benzene rings is 1. The molecule has 0 saturated heterocycles. The van der Waals surface area contributed by atoms with E-state index >= 15 is 0 Å². The van der Waals surface area contributed by atoms with E-state index in [1.165, 1.54) is 12.1 Å². The van der Waals surface area contributed by atoms with Gasteiger partial charge in [0.05, 0.1) is 0 Å². The van der Waals surface area contributed by atoms with E-state index in [1.54, 1.807) is 24.5 Å². The second kappa shape index (κ2) is 8.12. The SMILES string of the molecule is CC(C)=C(C#Cc1ccncc1)/C=C(/C)N(C)c1ccc(F)cc1. The Morgan fingerprint density at radius 3 is 2.25 bits per heavy atom. The zero-order chi connectivity index (χ0) is 17.5. The van der Waals surface area contributed by atoms with Gasteiger partial charge >= 0.3 is 0 Å². The molecule has 0 aliphatic rings. The average molecular weight is 320 g/mol. The van der Waals surface area contributed by atoms with Gasteiger partial charge in [-0.25, -0.2) is 4.39 Å². The van der Waals surface area contributed by atoms with Crippen LogP contribution in [0.5, 0.6) is 0 Å². The van der Waals surface area contributed by atoms with Crippen LogP contribution < -0.4 is 4.90 Å². The summed E-state index contributed by atoms with van der Waals surface area (Å²) < 4.78 is 13.1. The van der Waals surface area contributed by atoms with Crippen LogP contribution in [0.25, 0.3) is 0 Å². The van der Waals surface area contributed by atoms with Crippen LogP contribution in [-0.2, 0) is 0 Å². The fourth-order valence-corrected chi connectivity index (χ4v) is 2.05. The molecule has 0 aliphatic heterocycles. The number of aromatic nitrogens is 1. The fourth-order valence-electron chi connectivity index (χ4n) is 2.05. The van der Waals surface area contributed by atoms with Gasteiger partial charge in [-0.2, -0.15) is 0 Å². The molecule has 1 aromatic heterocycles. The molecule has 0 spiro atoms. The third kappa shape index (κ3) is 4.82. The third-order valence-corrected chi connectivity index (χ3v) is 3.66. The Labute approximate surface area is 143 Å². The second-order valence-corrected chi connectivity index (χ2v) is 5.72. The number of hydrogen-bond acceptors (Lipinski definition) is 2. The summed E-state index contributed by atoms with van der Waals surface area (Å²) in [5.41, 5.74) is 5.01. The molecule has 122 valence electrons. The summed E-state index contributed by atoms with van der Waals surface area (Å²) in [6.45, 7) is 6.09. The van der Waals surface area contributed by atoms with Crippen molar-refractivity contribution in [3.8, 4) is 11.8 Å². The first-order valence-corrected chi connectivity index (χ1v) is 7.74. The summed E-state index contributed by atoms with van der Waals surface area (Å²) in [4.78, 5) is 6.00. The molecule has 2 nitrogen and oxygen atoms in total. The third-order valence-electron chi connectivity index (χ3n) is 3.66. The molecule has 24 heavy (non-hydrogen) atoms. The lowest BCUT2D eigenvalue weighted by Crippen LogP contribution is -2.14. The van der Waals surface area contributed by atoms with Crippen LogP contribution in [0.4, 0.5) is 10.1 Å². The van der Waals surface area contributed by atoms with Gasteiger partial charge in [-0.3, -0.25) is 4.98 Å². The van der Waals surface area contributed by atoms with Gasteiger partial charge in [0.1, 0.15) is 5.82 Å². The summed E-state index contributed by atoms with van der Waals surface area (Å²) in [7, 11) is 1.96. The van der Waals surface area contributed by atoms with Gasteiger partial charge in [-0.15, -0.1) is 0 Å². The van der Waals surface area contributed by atoms with Crippen LogP contribution in [0.2, 0.25) is 0 Å². The molecular formula is C21H21FN2. The predicted molar refractivity (Wildman–Crippen MR) is 98.0 cm³/mol. The molecule has 0 N–H and O–H groups in total. The monoisotopic (exact) mass is 320 g/mol. The topological polar surface area (TPSA) is 16.1 Å². The van der Waals surface area contributed by atoms with Gasteiger partial charge in [0.15, 0.2) is 0 Å². The summed E-state index contributed by atoms with van der Waals surface area (Å²) >= 11 is 0. The van der Waals surface area contributed by atoms with E-state index in [-0.39, 0.29) is 5.82 Å². The summed E-state index contributed by atoms with van der Waals surface area (Å²) in [6.07, 6.45) is 5.51. The quantitative estimate of drug-likeness (QED) is 0.587. The van der Waals surface area contributed by atoms with Crippen LogP contribution >= 0.6 is 0 Å². The largest absolute Gasteiger partial charge is 0.348 e. The Balaban J connectivity index is 2.26. The van der Waals surface area contributed by atoms with Crippen molar-refractivity contribution in [1.82, 2.24) is 4.98 Å². The zero-order valence-corrected chi connectivity index (χ0v) is 14.5. The van der Waals surface area contributed by atoms with Crippen LogP contribution in [0, 0.1) is 17.7 Å². The normalized spacial score (nSPS) is 10.6. The molecule has 3 heteroatoms. The first kappa shape index (κ1) is 17.5. The molecule has 0 radical (unpaired) electrons. The summed E-state index contributed by atoms with van der Waals surface area (Å²) in [6, 6.07) is 10.2. The molecule has 0 aliphatic carbocycles. The van der Waals surface area contributed by atoms with Crippen LogP contribution in [0.15, 0.2) is 71.7 Å². The maximum Gasteiger partial charge on any atom is 0.123 e. The Bertz CT molecular complexity index is 802. The minimum atomic E-state index is -0.234. The smallest absolute Gasteiger partial charge is 0.123 e. The predicted octanol–water partition coefficient (Wildman–Crippen LogP) is 4.95. The number of pyridine rings is 1. The molecule has 0 bridgehead atoms. The van der Waals surface area contributed by atoms with Gasteiger partial charge < -0.3 is 4.90 Å². The van der Waals surface area contributed by atoms with E-state index in [2.05, 4.69) is 16.8 Å². The number of hydrogen-bond donors (Lipinski definition) is 0. The minimum absolute atomic E-state index is 0.234. The molecule has 2 rings (SSSR count). The van der Waals surface area contributed by atoms with E-state index in [1.807, 2.05) is 50.9 Å². The Morgan fingerprint density at radius 2 is 1.67 bits per heavy atom.